The fourth-order valence-corrected chi connectivity index (χ4v) is 1.84. The number of hydrogen-bond acceptors (Lipinski definition) is 3. The normalized spacial score (nSPS) is 34.0. The molecule has 5 heteroatoms. The summed E-state index contributed by atoms with van der Waals surface area (Å²) in [6.45, 7) is -10.6. The third kappa shape index (κ3) is 3.19. The fourth-order valence-electron chi connectivity index (χ4n) is 1.84. The maximum absolute atomic E-state index is 11.7. The largest absolute Gasteiger partial charge is 0.447 e. The summed E-state index contributed by atoms with van der Waals surface area (Å²) in [5.74, 6) is 0. The third-order valence-electron chi connectivity index (χ3n) is 2.73. The number of aromatic amines is 1. The topological polar surface area (TPSA) is 57.4 Å². The molecule has 0 radical (unpaired) electrons. The van der Waals surface area contributed by atoms with Gasteiger partial charge in [-0.1, -0.05) is 6.04 Å². The maximum atomic E-state index is 11.7. The van der Waals surface area contributed by atoms with Gasteiger partial charge in [0.25, 0.3) is 0 Å². The van der Waals surface area contributed by atoms with Crippen molar-refractivity contribution >= 4 is 17.0 Å². The van der Waals surface area contributed by atoms with Gasteiger partial charge >= 0.3 is 6.09 Å². The van der Waals surface area contributed by atoms with Crippen LogP contribution >= 0.6 is 0 Å². The zero-order valence-electron chi connectivity index (χ0n) is 26.6. The Morgan fingerprint density at radius 3 is 3.33 bits per heavy atom. The Balaban J connectivity index is 2.27. The molecule has 0 spiro atoms. The monoisotopic (exact) mass is 303 g/mol. The Kier molecular flexibility index (Phi) is 1.23. The zero-order chi connectivity index (χ0) is 28.6. The van der Waals surface area contributed by atoms with E-state index in [2.05, 4.69) is 4.74 Å². The molecule has 0 unspecified atom stereocenters. The van der Waals surface area contributed by atoms with Crippen LogP contribution in [0.2, 0.25) is 2.82 Å². The molecule has 1 atom stereocenters. The molecule has 2 heterocycles. The molecule has 1 saturated heterocycles. The second kappa shape index (κ2) is 5.77. The lowest BCUT2D eigenvalue weighted by molar-refractivity contribution is 0.177. The Bertz CT molecular complexity index is 1240. The lowest BCUT2D eigenvalue weighted by Crippen LogP contribution is -2.28. The molecular formula is C16H21N3O2. The number of amides is 1. The summed E-state index contributed by atoms with van der Waals surface area (Å²) < 4.78 is 132. The second-order valence-electron chi connectivity index (χ2n) is 4.27. The van der Waals surface area contributed by atoms with Crippen LogP contribution < -0.4 is 5.31 Å². The number of rotatable bonds is 5. The van der Waals surface area contributed by atoms with E-state index >= 15 is 0 Å². The van der Waals surface area contributed by atoms with Gasteiger partial charge in [-0.2, -0.15) is 0 Å². The van der Waals surface area contributed by atoms with Crippen molar-refractivity contribution in [3.63, 3.8) is 0 Å². The summed E-state index contributed by atoms with van der Waals surface area (Å²) in [5, 5.41) is -0.400. The number of benzene rings is 1. The molecule has 5 nitrogen and oxygen atoms in total. The van der Waals surface area contributed by atoms with Gasteiger partial charge in [0.2, 0.25) is 0 Å². The minimum absolute atomic E-state index is 0.0917. The van der Waals surface area contributed by atoms with E-state index in [1.807, 2.05) is 0 Å². The first-order valence-corrected chi connectivity index (χ1v) is 5.96. The Hall–Kier alpha value is -2.01. The molecule has 0 saturated carbocycles. The first-order chi connectivity index (χ1) is 16.5. The van der Waals surface area contributed by atoms with Crippen LogP contribution in [0.3, 0.4) is 0 Å². The predicted molar refractivity (Wildman–Crippen MR) is 82.5 cm³/mol. The molecule has 2 aromatic rings. The summed E-state index contributed by atoms with van der Waals surface area (Å²) in [4.78, 5) is 11.9. The van der Waals surface area contributed by atoms with Crippen molar-refractivity contribution in [3.05, 3.63) is 35.4 Å². The summed E-state index contributed by atoms with van der Waals surface area (Å²) in [6.07, 6.45) is -5.93. The van der Waals surface area contributed by atoms with Crippen LogP contribution in [0, 0.1) is 0 Å². The number of nitrogens with zero attached hydrogens (tertiary/aromatic N) is 1. The zero-order valence-corrected chi connectivity index (χ0v) is 10.6. The minimum Gasteiger partial charge on any atom is -0.447 e. The SMILES string of the molecule is [2H]c1c(C[C@@H]2N([2H])C(=O)OC2([2H])[2H])c([2H])c2c(C([2H])([2H])CN(C([2H])([2H])[2H])C([2H])([2H])[2H])c([2H])n([2H])c2c1[2H]. The number of alkyl carbamates (subject to hydrolysis) is 1. The van der Waals surface area contributed by atoms with Gasteiger partial charge in [0.05, 0.1) is 14.3 Å². The van der Waals surface area contributed by atoms with E-state index in [0.29, 0.717) is 0 Å². The molecule has 1 aliphatic rings. The Labute approximate surface area is 146 Å². The molecule has 21 heavy (non-hydrogen) atoms. The molecule has 3 rings (SSSR count). The lowest BCUT2D eigenvalue weighted by Gasteiger charge is -2.09. The molecule has 2 N–H and O–H groups in total. The minimum atomic E-state index is -3.29. The van der Waals surface area contributed by atoms with Crippen LogP contribution in [0.1, 0.15) is 30.3 Å². The number of carbonyl (C=O) groups is 1. The molecule has 1 aromatic heterocycles. The van der Waals surface area contributed by atoms with Crippen LogP contribution in [-0.2, 0) is 17.5 Å². The average Bonchev–Trinajstić information content (AvgIpc) is 3.10. The smallest absolute Gasteiger partial charge is 0.407 e. The Morgan fingerprint density at radius 1 is 1.67 bits per heavy atom. The fraction of sp³-hybridized carbons (Fsp3) is 0.438. The van der Waals surface area contributed by atoms with Gasteiger partial charge in [-0.15, -0.1) is 0 Å². The quantitative estimate of drug-likeness (QED) is 0.887. The van der Waals surface area contributed by atoms with Crippen molar-refractivity contribution in [1.29, 1.82) is 0 Å². The number of H-pyrrole nitrogens is 1. The summed E-state index contributed by atoms with van der Waals surface area (Å²) in [5.41, 5.74) is -1.75. The van der Waals surface area contributed by atoms with Gasteiger partial charge in [0.15, 0.2) is 2.82 Å². The van der Waals surface area contributed by atoms with Crippen LogP contribution in [0.15, 0.2) is 24.3 Å². The van der Waals surface area contributed by atoms with E-state index in [0.717, 1.165) is 0 Å². The van der Waals surface area contributed by atoms with E-state index in [9.17, 15) is 4.79 Å². The van der Waals surface area contributed by atoms with Crippen molar-refractivity contribution < 1.29 is 31.5 Å². The molecule has 0 aliphatic carbocycles. The molecule has 112 valence electrons. The highest BCUT2D eigenvalue weighted by Crippen LogP contribution is 2.21. The standard InChI is InChI=1S/C16H21N3O2/c1-19(2)6-5-12-9-17-15-4-3-11(8-14(12)15)7-13-10-21-16(20)18-13/h3-4,8-9,13,17H,5-7,10H2,1-2H3,(H,18,20)/t13-/m0/s1/i1D3,2D3,3D,4D,5D2,8D,9D,10D2/hD2. The maximum Gasteiger partial charge on any atom is 0.407 e. The van der Waals surface area contributed by atoms with E-state index < -0.39 is 98.3 Å². The predicted octanol–water partition coefficient (Wildman–Crippen LogP) is 1.92. The van der Waals surface area contributed by atoms with Crippen LogP contribution in [0.25, 0.3) is 10.9 Å². The number of likely N-dealkylation sites (N-methyl/N-ethyl adjacent to an activating group) is 1. The first kappa shape index (κ1) is 4.49. The summed E-state index contributed by atoms with van der Waals surface area (Å²) in [6, 6.07) is -3.85. The van der Waals surface area contributed by atoms with Crippen LogP contribution in [0.5, 0.6) is 0 Å². The van der Waals surface area contributed by atoms with Crippen LogP contribution in [-0.4, -0.2) is 49.1 Å². The number of nitrogens with one attached hydrogen (secondary N) is 2. The van der Waals surface area contributed by atoms with E-state index in [1.165, 1.54) is 0 Å². The molecular weight excluding hydrogens is 266 g/mol. The van der Waals surface area contributed by atoms with Crippen LogP contribution in [0.4, 0.5) is 4.79 Å². The van der Waals surface area contributed by atoms with Gasteiger partial charge in [0, 0.05) is 34.6 Å². The van der Waals surface area contributed by atoms with Gasteiger partial charge in [-0.25, -0.2) is 4.79 Å². The summed E-state index contributed by atoms with van der Waals surface area (Å²) >= 11 is 0. The highest BCUT2D eigenvalue weighted by Gasteiger charge is 2.22. The van der Waals surface area contributed by atoms with Gasteiger partial charge in [-0.05, 0) is 50.0 Å². The Morgan fingerprint density at radius 2 is 2.57 bits per heavy atom. The molecule has 1 amide bonds. The van der Waals surface area contributed by atoms with Crippen molar-refractivity contribution in [2.45, 2.75) is 18.8 Å². The van der Waals surface area contributed by atoms with E-state index in [4.69, 9.17) is 22.0 Å². The number of cyclic esters (lactones) is 1. The van der Waals surface area contributed by atoms with Gasteiger partial charge in [0.1, 0.15) is 6.56 Å². The lowest BCUT2D eigenvalue weighted by atomic mass is 10.0. The number of carbonyl (C=O) groups excluding carboxylic acids is 1. The number of hydrogen-bond donors (Lipinski definition) is 2. The summed E-state index contributed by atoms with van der Waals surface area (Å²) in [7, 11) is 0. The van der Waals surface area contributed by atoms with Crippen molar-refractivity contribution in [2.24, 2.45) is 0 Å². The average molecular weight is 303 g/mol. The van der Waals surface area contributed by atoms with E-state index in [1.54, 1.807) is 0 Å². The highest BCUT2D eigenvalue weighted by molar-refractivity contribution is 5.84. The van der Waals surface area contributed by atoms with E-state index in [-0.39, 0.29) is 15.2 Å². The van der Waals surface area contributed by atoms with Crippen molar-refractivity contribution in [3.8, 4) is 0 Å². The molecule has 1 aliphatic heterocycles. The highest BCUT2D eigenvalue weighted by atomic mass is 16.6. The number of aromatic nitrogens is 1. The number of ether oxygens (including phenoxy) is 1. The van der Waals surface area contributed by atoms with Crippen molar-refractivity contribution in [1.82, 2.24) is 15.2 Å². The van der Waals surface area contributed by atoms with Gasteiger partial charge < -0.3 is 19.9 Å². The second-order valence-corrected chi connectivity index (χ2v) is 4.27. The number of fused-ring (bicyclic) bond motifs is 1. The third-order valence-corrected chi connectivity index (χ3v) is 2.73. The van der Waals surface area contributed by atoms with Gasteiger partial charge in [-0.3, -0.25) is 0 Å². The molecule has 1 aromatic carbocycles. The molecule has 0 bridgehead atoms. The molecule has 1 fully saturated rings. The first-order valence-electron chi connectivity index (χ1n) is 13.9. The van der Waals surface area contributed by atoms with Crippen molar-refractivity contribution in [2.75, 3.05) is 27.1 Å².